The molecule has 0 aliphatic carbocycles. The predicted molar refractivity (Wildman–Crippen MR) is 75.7 cm³/mol. The molecular weight excluding hydrogens is 222 g/mol. The minimum atomic E-state index is 0.741. The number of nitrogens with one attached hydrogen (secondary N) is 1. The lowest BCUT2D eigenvalue weighted by Gasteiger charge is -2.38. The molecule has 3 aliphatic heterocycles. The maximum Gasteiger partial charge on any atom is 0.0643 e. The van der Waals surface area contributed by atoms with Gasteiger partial charge in [0, 0.05) is 32.1 Å². The number of anilines is 2. The molecule has 0 aromatic heterocycles. The Morgan fingerprint density at radius 3 is 3.00 bits per heavy atom. The van der Waals surface area contributed by atoms with Gasteiger partial charge in [-0.05, 0) is 37.6 Å². The average Bonchev–Trinajstić information content (AvgIpc) is 2.57. The van der Waals surface area contributed by atoms with E-state index in [1.54, 1.807) is 11.3 Å². The summed E-state index contributed by atoms with van der Waals surface area (Å²) in [5.74, 6) is 0.751. The van der Waals surface area contributed by atoms with Crippen LogP contribution in [0, 0.1) is 0 Å². The zero-order valence-corrected chi connectivity index (χ0v) is 11.0. The predicted octanol–water partition coefficient (Wildman–Crippen LogP) is 1.79. The van der Waals surface area contributed by atoms with Gasteiger partial charge in [0.05, 0.1) is 11.4 Å². The maximum absolute atomic E-state index is 3.56. The summed E-state index contributed by atoms with van der Waals surface area (Å²) in [5.41, 5.74) is 4.59. The number of nitrogens with zero attached hydrogens (tertiary/aromatic N) is 2. The molecule has 0 bridgehead atoms. The second-order valence-corrected chi connectivity index (χ2v) is 5.83. The molecule has 1 aromatic rings. The number of rotatable bonds is 0. The summed E-state index contributed by atoms with van der Waals surface area (Å²) in [6.45, 7) is 4.71. The summed E-state index contributed by atoms with van der Waals surface area (Å²) in [5, 5.41) is 3.56. The Kier molecular flexibility index (Phi) is 2.31. The molecule has 3 heteroatoms. The summed E-state index contributed by atoms with van der Waals surface area (Å²) >= 11 is 0. The van der Waals surface area contributed by atoms with Gasteiger partial charge in [0.1, 0.15) is 0 Å². The molecule has 0 radical (unpaired) electrons. The largest absolute Gasteiger partial charge is 0.371 e. The standard InChI is InChI=1S/C15H21N3/c1-17-9-10-18-13-6-8-16-7-5-11(13)12-3-2-4-14(17)15(12)18/h2-4,11,13,16H,5-10H2,1H3. The van der Waals surface area contributed by atoms with Crippen molar-refractivity contribution in [2.24, 2.45) is 0 Å². The van der Waals surface area contributed by atoms with Gasteiger partial charge in [-0.15, -0.1) is 0 Å². The van der Waals surface area contributed by atoms with Crippen molar-refractivity contribution in [3.8, 4) is 0 Å². The summed E-state index contributed by atoms with van der Waals surface area (Å²) in [6.07, 6.45) is 2.59. The quantitative estimate of drug-likeness (QED) is 0.749. The third kappa shape index (κ3) is 1.34. The van der Waals surface area contributed by atoms with E-state index in [-0.39, 0.29) is 0 Å². The van der Waals surface area contributed by atoms with Crippen molar-refractivity contribution in [3.63, 3.8) is 0 Å². The van der Waals surface area contributed by atoms with Gasteiger partial charge in [-0.3, -0.25) is 0 Å². The molecule has 3 aliphatic rings. The van der Waals surface area contributed by atoms with Crippen LogP contribution in [0.15, 0.2) is 18.2 Å². The van der Waals surface area contributed by atoms with Gasteiger partial charge in [-0.1, -0.05) is 12.1 Å². The highest BCUT2D eigenvalue weighted by atomic mass is 15.3. The molecule has 1 saturated heterocycles. The summed E-state index contributed by atoms with van der Waals surface area (Å²) < 4.78 is 0. The molecule has 1 fully saturated rings. The van der Waals surface area contributed by atoms with Crippen molar-refractivity contribution in [1.29, 1.82) is 0 Å². The Hall–Kier alpha value is -1.22. The van der Waals surface area contributed by atoms with E-state index in [1.807, 2.05) is 0 Å². The first-order valence-corrected chi connectivity index (χ1v) is 7.17. The number of likely N-dealkylation sites (N-methyl/N-ethyl adjacent to an activating group) is 1. The first-order valence-electron chi connectivity index (χ1n) is 7.17. The number of hydrogen-bond acceptors (Lipinski definition) is 3. The van der Waals surface area contributed by atoms with Gasteiger partial charge in [0.25, 0.3) is 0 Å². The van der Waals surface area contributed by atoms with Crippen molar-refractivity contribution < 1.29 is 0 Å². The van der Waals surface area contributed by atoms with E-state index < -0.39 is 0 Å². The summed E-state index contributed by atoms with van der Waals surface area (Å²) in [7, 11) is 2.22. The molecule has 0 saturated carbocycles. The van der Waals surface area contributed by atoms with Crippen LogP contribution in [-0.2, 0) is 0 Å². The van der Waals surface area contributed by atoms with Crippen LogP contribution in [0.2, 0.25) is 0 Å². The second kappa shape index (κ2) is 3.89. The van der Waals surface area contributed by atoms with Gasteiger partial charge in [-0.2, -0.15) is 0 Å². The van der Waals surface area contributed by atoms with Crippen molar-refractivity contribution in [1.82, 2.24) is 5.32 Å². The van der Waals surface area contributed by atoms with Crippen LogP contribution in [0.3, 0.4) is 0 Å². The van der Waals surface area contributed by atoms with Crippen LogP contribution in [0.25, 0.3) is 0 Å². The molecule has 2 unspecified atom stereocenters. The van der Waals surface area contributed by atoms with E-state index in [9.17, 15) is 0 Å². The molecular formula is C15H21N3. The monoisotopic (exact) mass is 243 g/mol. The third-order valence-corrected chi connectivity index (χ3v) is 4.93. The molecule has 18 heavy (non-hydrogen) atoms. The van der Waals surface area contributed by atoms with Gasteiger partial charge >= 0.3 is 0 Å². The van der Waals surface area contributed by atoms with Crippen LogP contribution in [0.4, 0.5) is 11.4 Å². The second-order valence-electron chi connectivity index (χ2n) is 5.83. The number of hydrogen-bond donors (Lipinski definition) is 1. The smallest absolute Gasteiger partial charge is 0.0643 e. The molecule has 2 atom stereocenters. The average molecular weight is 243 g/mol. The Bertz CT molecular complexity index is 471. The molecule has 0 amide bonds. The van der Waals surface area contributed by atoms with Crippen LogP contribution in [0.5, 0.6) is 0 Å². The van der Waals surface area contributed by atoms with Crippen LogP contribution in [0.1, 0.15) is 24.3 Å². The van der Waals surface area contributed by atoms with Crippen molar-refractivity contribution >= 4 is 11.4 Å². The van der Waals surface area contributed by atoms with Crippen molar-refractivity contribution in [2.75, 3.05) is 43.0 Å². The molecule has 1 aromatic carbocycles. The highest BCUT2D eigenvalue weighted by molar-refractivity contribution is 5.80. The fourth-order valence-corrected chi connectivity index (χ4v) is 4.05. The van der Waals surface area contributed by atoms with Gasteiger partial charge in [0.15, 0.2) is 0 Å². The lowest BCUT2D eigenvalue weighted by atomic mass is 9.91. The Morgan fingerprint density at radius 2 is 2.06 bits per heavy atom. The third-order valence-electron chi connectivity index (χ3n) is 4.93. The van der Waals surface area contributed by atoms with E-state index in [0.29, 0.717) is 0 Å². The summed E-state index contributed by atoms with van der Waals surface area (Å²) in [4.78, 5) is 5.11. The number of benzene rings is 1. The molecule has 96 valence electrons. The van der Waals surface area contributed by atoms with E-state index in [0.717, 1.165) is 18.5 Å². The van der Waals surface area contributed by atoms with Gasteiger partial charge in [0.2, 0.25) is 0 Å². The molecule has 0 spiro atoms. The van der Waals surface area contributed by atoms with Crippen molar-refractivity contribution in [3.05, 3.63) is 23.8 Å². The van der Waals surface area contributed by atoms with Gasteiger partial charge in [-0.25, -0.2) is 0 Å². The highest BCUT2D eigenvalue weighted by Gasteiger charge is 2.41. The maximum atomic E-state index is 3.56. The van der Waals surface area contributed by atoms with E-state index in [1.165, 1.54) is 38.2 Å². The Balaban J connectivity index is 1.86. The van der Waals surface area contributed by atoms with Crippen LogP contribution >= 0.6 is 0 Å². The van der Waals surface area contributed by atoms with Crippen LogP contribution < -0.4 is 15.1 Å². The van der Waals surface area contributed by atoms with Gasteiger partial charge < -0.3 is 15.1 Å². The Morgan fingerprint density at radius 1 is 1.17 bits per heavy atom. The molecule has 4 rings (SSSR count). The molecule has 1 N–H and O–H groups in total. The van der Waals surface area contributed by atoms with E-state index in [2.05, 4.69) is 40.4 Å². The minimum Gasteiger partial charge on any atom is -0.371 e. The van der Waals surface area contributed by atoms with E-state index in [4.69, 9.17) is 0 Å². The topological polar surface area (TPSA) is 18.5 Å². The zero-order valence-electron chi connectivity index (χ0n) is 11.0. The first kappa shape index (κ1) is 10.7. The number of fused-ring (bicyclic) bond motifs is 3. The van der Waals surface area contributed by atoms with Crippen LogP contribution in [-0.4, -0.2) is 39.3 Å². The minimum absolute atomic E-state index is 0.741. The normalized spacial score (nSPS) is 29.8. The fourth-order valence-electron chi connectivity index (χ4n) is 4.05. The molecule has 3 heterocycles. The van der Waals surface area contributed by atoms with E-state index >= 15 is 0 Å². The highest BCUT2D eigenvalue weighted by Crippen LogP contribution is 2.50. The summed E-state index contributed by atoms with van der Waals surface area (Å²) in [6, 6.07) is 7.63. The lowest BCUT2D eigenvalue weighted by Crippen LogP contribution is -2.43. The fraction of sp³-hybridized carbons (Fsp3) is 0.600. The zero-order chi connectivity index (χ0) is 12.1. The molecule has 3 nitrogen and oxygen atoms in total. The Labute approximate surface area is 109 Å². The van der Waals surface area contributed by atoms with Crippen molar-refractivity contribution in [2.45, 2.75) is 24.8 Å². The lowest BCUT2D eigenvalue weighted by molar-refractivity contribution is 0.508. The number of para-hydroxylation sites is 1. The SMILES string of the molecule is CN1CCN2c3c(cccc31)C1CCNCCC12. The first-order chi connectivity index (χ1) is 8.86.